The lowest BCUT2D eigenvalue weighted by Gasteiger charge is -2.31. The SMILES string of the molecule is COc1cc(C(=O)N2CCCC(c3nnc(-c4ccccc4F)s3)C2)c([N+](=O)[O-])cc1OC. The molecule has 1 aromatic heterocycles. The monoisotopic (exact) mass is 472 g/mol. The standard InChI is InChI=1S/C22H21FN4O5S/c1-31-18-10-15(17(27(29)30)11-19(18)32-2)22(28)26-9-5-6-13(12-26)20-24-25-21(33-20)14-7-3-4-8-16(14)23/h3-4,7-8,10-11,13H,5-6,9,12H2,1-2H3. The van der Waals surface area contributed by atoms with E-state index in [0.29, 0.717) is 35.1 Å². The lowest BCUT2D eigenvalue weighted by Crippen LogP contribution is -2.39. The first-order valence-corrected chi connectivity index (χ1v) is 11.0. The molecule has 1 saturated heterocycles. The number of benzene rings is 2. The molecule has 0 bridgehead atoms. The van der Waals surface area contributed by atoms with Crippen molar-refractivity contribution in [3.05, 3.63) is 62.9 Å². The van der Waals surface area contributed by atoms with E-state index >= 15 is 0 Å². The molecular weight excluding hydrogens is 451 g/mol. The van der Waals surface area contributed by atoms with E-state index < -0.39 is 10.8 Å². The van der Waals surface area contributed by atoms with Crippen LogP contribution in [0, 0.1) is 15.9 Å². The minimum absolute atomic E-state index is 0.0670. The van der Waals surface area contributed by atoms with E-state index in [1.807, 2.05) is 0 Å². The molecule has 3 aromatic rings. The van der Waals surface area contributed by atoms with E-state index in [2.05, 4.69) is 10.2 Å². The van der Waals surface area contributed by atoms with Crippen molar-refractivity contribution in [1.29, 1.82) is 0 Å². The summed E-state index contributed by atoms with van der Waals surface area (Å²) in [5.74, 6) is -0.530. The van der Waals surface area contributed by atoms with Gasteiger partial charge in [-0.25, -0.2) is 4.39 Å². The van der Waals surface area contributed by atoms with Gasteiger partial charge >= 0.3 is 0 Å². The summed E-state index contributed by atoms with van der Waals surface area (Å²) in [7, 11) is 2.77. The highest BCUT2D eigenvalue weighted by molar-refractivity contribution is 7.14. The zero-order valence-corrected chi connectivity index (χ0v) is 18.8. The number of nitrogens with zero attached hydrogens (tertiary/aromatic N) is 4. The first kappa shape index (κ1) is 22.6. The van der Waals surface area contributed by atoms with Crippen LogP contribution in [0.4, 0.5) is 10.1 Å². The van der Waals surface area contributed by atoms with Gasteiger partial charge < -0.3 is 14.4 Å². The van der Waals surface area contributed by atoms with Crippen molar-refractivity contribution in [2.24, 2.45) is 0 Å². The topological polar surface area (TPSA) is 108 Å². The number of likely N-dealkylation sites (tertiary alicyclic amines) is 1. The largest absolute Gasteiger partial charge is 0.493 e. The van der Waals surface area contributed by atoms with Gasteiger partial charge in [0, 0.05) is 30.6 Å². The molecule has 1 fully saturated rings. The van der Waals surface area contributed by atoms with E-state index in [1.54, 1.807) is 23.1 Å². The highest BCUT2D eigenvalue weighted by Crippen LogP contribution is 2.37. The van der Waals surface area contributed by atoms with Gasteiger partial charge in [0.15, 0.2) is 16.5 Å². The highest BCUT2D eigenvalue weighted by atomic mass is 32.1. The van der Waals surface area contributed by atoms with Gasteiger partial charge in [0.1, 0.15) is 16.4 Å². The van der Waals surface area contributed by atoms with Crippen molar-refractivity contribution in [2.45, 2.75) is 18.8 Å². The van der Waals surface area contributed by atoms with Gasteiger partial charge in [-0.05, 0) is 25.0 Å². The molecule has 1 aliphatic heterocycles. The first-order valence-electron chi connectivity index (χ1n) is 10.2. The van der Waals surface area contributed by atoms with Crippen LogP contribution >= 0.6 is 11.3 Å². The van der Waals surface area contributed by atoms with Gasteiger partial charge in [0.2, 0.25) is 0 Å². The number of hydrogen-bond donors (Lipinski definition) is 0. The predicted molar refractivity (Wildman–Crippen MR) is 119 cm³/mol. The van der Waals surface area contributed by atoms with Gasteiger partial charge in [-0.2, -0.15) is 0 Å². The van der Waals surface area contributed by atoms with Gasteiger partial charge in [0.25, 0.3) is 11.6 Å². The Hall–Kier alpha value is -3.60. The quantitative estimate of drug-likeness (QED) is 0.389. The third kappa shape index (κ3) is 4.49. The molecule has 1 atom stereocenters. The molecule has 0 spiro atoms. The van der Waals surface area contributed by atoms with Gasteiger partial charge in [-0.1, -0.05) is 23.5 Å². The molecule has 2 aromatic carbocycles. The van der Waals surface area contributed by atoms with Gasteiger partial charge in [0.05, 0.1) is 25.2 Å². The number of nitro benzene ring substituents is 1. The average molecular weight is 472 g/mol. The number of halogens is 1. The molecule has 2 heterocycles. The second-order valence-electron chi connectivity index (χ2n) is 7.50. The normalized spacial score (nSPS) is 15.8. The second kappa shape index (κ2) is 9.49. The van der Waals surface area contributed by atoms with Crippen LogP contribution in [0.2, 0.25) is 0 Å². The first-order chi connectivity index (χ1) is 15.9. The molecule has 33 heavy (non-hydrogen) atoms. The third-order valence-corrected chi connectivity index (χ3v) is 6.65. The van der Waals surface area contributed by atoms with Crippen molar-refractivity contribution in [2.75, 3.05) is 27.3 Å². The van der Waals surface area contributed by atoms with E-state index in [4.69, 9.17) is 9.47 Å². The lowest BCUT2D eigenvalue weighted by molar-refractivity contribution is -0.385. The fourth-order valence-corrected chi connectivity index (χ4v) is 4.86. The summed E-state index contributed by atoms with van der Waals surface area (Å²) in [5, 5.41) is 21.2. The molecule has 0 saturated carbocycles. The lowest BCUT2D eigenvalue weighted by atomic mass is 9.97. The van der Waals surface area contributed by atoms with Gasteiger partial charge in [-0.15, -0.1) is 10.2 Å². The molecule has 0 radical (unpaired) electrons. The summed E-state index contributed by atoms with van der Waals surface area (Å²) in [6.45, 7) is 0.788. The fourth-order valence-electron chi connectivity index (χ4n) is 3.87. The van der Waals surface area contributed by atoms with Crippen molar-refractivity contribution < 1.29 is 23.6 Å². The van der Waals surface area contributed by atoms with Crippen LogP contribution in [0.25, 0.3) is 10.6 Å². The van der Waals surface area contributed by atoms with Gasteiger partial charge in [-0.3, -0.25) is 14.9 Å². The zero-order chi connectivity index (χ0) is 23.5. The molecule has 11 heteroatoms. The molecular formula is C22H21FN4O5S. The summed E-state index contributed by atoms with van der Waals surface area (Å²) in [4.78, 5) is 25.9. The van der Waals surface area contributed by atoms with Crippen molar-refractivity contribution in [3.8, 4) is 22.1 Å². The summed E-state index contributed by atoms with van der Waals surface area (Å²) in [6.07, 6.45) is 1.48. The number of piperidine rings is 1. The minimum Gasteiger partial charge on any atom is -0.493 e. The number of methoxy groups -OCH3 is 2. The number of nitro groups is 1. The molecule has 1 amide bonds. The predicted octanol–water partition coefficient (Wildman–Crippen LogP) is 4.29. The Labute approximate surface area is 192 Å². The van der Waals surface area contributed by atoms with E-state index in [9.17, 15) is 19.3 Å². The Bertz CT molecular complexity index is 1200. The third-order valence-electron chi connectivity index (χ3n) is 5.53. The van der Waals surface area contributed by atoms with E-state index in [1.165, 1.54) is 43.8 Å². The Morgan fingerprint density at radius 1 is 1.21 bits per heavy atom. The smallest absolute Gasteiger partial charge is 0.286 e. The number of carbonyl (C=O) groups excluding carboxylic acids is 1. The van der Waals surface area contributed by atoms with Crippen LogP contribution in [0.1, 0.15) is 34.1 Å². The molecule has 0 N–H and O–H groups in total. The Kier molecular flexibility index (Phi) is 6.50. The Morgan fingerprint density at radius 2 is 1.94 bits per heavy atom. The molecule has 0 aliphatic carbocycles. The number of carbonyl (C=O) groups is 1. The average Bonchev–Trinajstić information content (AvgIpc) is 3.33. The number of rotatable bonds is 6. The number of aromatic nitrogens is 2. The second-order valence-corrected chi connectivity index (χ2v) is 8.51. The van der Waals surface area contributed by atoms with Crippen LogP contribution < -0.4 is 9.47 Å². The number of ether oxygens (including phenoxy) is 2. The molecule has 1 unspecified atom stereocenters. The minimum atomic E-state index is -0.609. The van der Waals surface area contributed by atoms with Crippen LogP contribution in [0.5, 0.6) is 11.5 Å². The van der Waals surface area contributed by atoms with E-state index in [-0.39, 0.29) is 34.5 Å². The van der Waals surface area contributed by atoms with Crippen LogP contribution in [0.15, 0.2) is 36.4 Å². The summed E-state index contributed by atoms with van der Waals surface area (Å²) < 4.78 is 24.5. The molecule has 4 rings (SSSR count). The maximum atomic E-state index is 14.1. The molecule has 9 nitrogen and oxygen atoms in total. The zero-order valence-electron chi connectivity index (χ0n) is 18.0. The number of hydrogen-bond acceptors (Lipinski definition) is 8. The van der Waals surface area contributed by atoms with Crippen LogP contribution in [-0.4, -0.2) is 53.2 Å². The van der Waals surface area contributed by atoms with Crippen LogP contribution in [-0.2, 0) is 0 Å². The molecule has 1 aliphatic rings. The number of amides is 1. The van der Waals surface area contributed by atoms with Crippen molar-refractivity contribution in [3.63, 3.8) is 0 Å². The summed E-state index contributed by atoms with van der Waals surface area (Å²) in [6, 6.07) is 8.89. The fraction of sp³-hybridized carbons (Fsp3) is 0.318. The summed E-state index contributed by atoms with van der Waals surface area (Å²) >= 11 is 1.29. The van der Waals surface area contributed by atoms with Crippen molar-refractivity contribution in [1.82, 2.24) is 15.1 Å². The summed E-state index contributed by atoms with van der Waals surface area (Å²) in [5.41, 5.74) is -0.0360. The maximum Gasteiger partial charge on any atom is 0.286 e. The van der Waals surface area contributed by atoms with Crippen molar-refractivity contribution >= 4 is 22.9 Å². The highest BCUT2D eigenvalue weighted by Gasteiger charge is 2.32. The Morgan fingerprint density at radius 3 is 2.64 bits per heavy atom. The molecule has 172 valence electrons. The van der Waals surface area contributed by atoms with E-state index in [0.717, 1.165) is 6.42 Å². The maximum absolute atomic E-state index is 14.1. The Balaban J connectivity index is 1.59. The van der Waals surface area contributed by atoms with Crippen LogP contribution in [0.3, 0.4) is 0 Å².